The van der Waals surface area contributed by atoms with Gasteiger partial charge in [0.15, 0.2) is 6.10 Å². The third kappa shape index (κ3) is 6.04. The molecule has 236 valence electrons. The molecule has 2 heterocycles. The monoisotopic (exact) mass is 810 g/mol. The maximum Gasteiger partial charge on any atom is 0.339 e. The van der Waals surface area contributed by atoms with Gasteiger partial charge >= 0.3 is 5.97 Å². The van der Waals surface area contributed by atoms with Crippen molar-refractivity contribution in [1.82, 2.24) is 4.98 Å². The highest BCUT2D eigenvalue weighted by Gasteiger charge is 2.52. The van der Waals surface area contributed by atoms with E-state index in [0.29, 0.717) is 52.0 Å². The molecule has 4 aromatic rings. The molecule has 0 bridgehead atoms. The first-order chi connectivity index (χ1) is 22.0. The number of anilines is 1. The number of Topliss-reactive ketones (excluding diaryl/α,β-unsaturated/α-hetero) is 1. The van der Waals surface area contributed by atoms with Gasteiger partial charge in [-0.15, -0.1) is 0 Å². The summed E-state index contributed by atoms with van der Waals surface area (Å²) in [7, 11) is 1.54. The van der Waals surface area contributed by atoms with E-state index < -0.39 is 12.1 Å². The minimum atomic E-state index is -1.04. The Kier molecular flexibility index (Phi) is 9.20. The molecule has 3 aromatic carbocycles. The number of aromatic nitrogens is 1. The first-order valence-electron chi connectivity index (χ1n) is 14.7. The molecule has 1 aromatic heterocycles. The number of imide groups is 1. The van der Waals surface area contributed by atoms with E-state index in [1.807, 2.05) is 13.0 Å². The zero-order chi connectivity index (χ0) is 32.9. The molecule has 1 aliphatic heterocycles. The highest BCUT2D eigenvalue weighted by Crippen LogP contribution is 2.44. The molecule has 2 fully saturated rings. The van der Waals surface area contributed by atoms with Crippen LogP contribution in [0.25, 0.3) is 22.2 Å². The molecule has 2 amide bonds. The van der Waals surface area contributed by atoms with Crippen molar-refractivity contribution in [2.75, 3.05) is 12.0 Å². The highest BCUT2D eigenvalue weighted by atomic mass is 79.9. The van der Waals surface area contributed by atoms with Crippen LogP contribution in [0, 0.1) is 18.8 Å². The molecule has 6 rings (SSSR count). The number of esters is 1. The molecule has 5 unspecified atom stereocenters. The second kappa shape index (κ2) is 13.0. The van der Waals surface area contributed by atoms with Crippen molar-refractivity contribution in [1.29, 1.82) is 0 Å². The summed E-state index contributed by atoms with van der Waals surface area (Å²) in [5.74, 6) is -1.44. The molecule has 8 nitrogen and oxygen atoms in total. The van der Waals surface area contributed by atoms with Crippen LogP contribution in [-0.4, -0.2) is 51.4 Å². The van der Waals surface area contributed by atoms with Crippen LogP contribution in [0.2, 0.25) is 0 Å². The molecular weight excluding hydrogens is 784 g/mol. The number of aryl methyl sites for hydroxylation is 1. The number of hydrogen-bond acceptors (Lipinski definition) is 7. The minimum absolute atomic E-state index is 0.125. The number of halogens is 3. The summed E-state index contributed by atoms with van der Waals surface area (Å²) in [4.78, 5) is 59.8. The molecule has 46 heavy (non-hydrogen) atoms. The summed E-state index contributed by atoms with van der Waals surface area (Å²) in [6.45, 7) is 3.44. The average molecular weight is 813 g/mol. The van der Waals surface area contributed by atoms with Crippen LogP contribution in [-0.2, 0) is 14.3 Å². The lowest BCUT2D eigenvalue weighted by Crippen LogP contribution is -2.34. The molecule has 11 heteroatoms. The smallest absolute Gasteiger partial charge is 0.339 e. The number of benzene rings is 3. The summed E-state index contributed by atoms with van der Waals surface area (Å²) >= 11 is 10.8. The summed E-state index contributed by atoms with van der Waals surface area (Å²) < 4.78 is 11.6. The van der Waals surface area contributed by atoms with Crippen molar-refractivity contribution < 1.29 is 28.7 Å². The zero-order valence-corrected chi connectivity index (χ0v) is 29.9. The number of nitrogens with zero attached hydrogens (tertiary/aromatic N) is 2. The number of rotatable bonds is 7. The summed E-state index contributed by atoms with van der Waals surface area (Å²) in [6.07, 6.45) is 0.151. The summed E-state index contributed by atoms with van der Waals surface area (Å²) in [5, 5.41) is 0.576. The van der Waals surface area contributed by atoms with Gasteiger partial charge in [-0.3, -0.25) is 19.3 Å². The Balaban J connectivity index is 1.30. The Hall–Kier alpha value is -3.41. The van der Waals surface area contributed by atoms with Crippen molar-refractivity contribution >= 4 is 87.9 Å². The summed E-state index contributed by atoms with van der Waals surface area (Å²) in [5.41, 5.74) is 3.78. The lowest BCUT2D eigenvalue weighted by molar-refractivity contribution is -0.122. The van der Waals surface area contributed by atoms with E-state index in [0.717, 1.165) is 10.0 Å². The molecule has 1 aliphatic carbocycles. The van der Waals surface area contributed by atoms with Gasteiger partial charge < -0.3 is 9.47 Å². The number of carbonyl (C=O) groups is 4. The van der Waals surface area contributed by atoms with Crippen LogP contribution in [0.15, 0.2) is 71.2 Å². The van der Waals surface area contributed by atoms with Crippen molar-refractivity contribution in [2.45, 2.75) is 42.4 Å². The maximum atomic E-state index is 13.7. The van der Waals surface area contributed by atoms with Gasteiger partial charge in [-0.2, -0.15) is 0 Å². The van der Waals surface area contributed by atoms with Crippen molar-refractivity contribution in [3.8, 4) is 17.0 Å². The van der Waals surface area contributed by atoms with Gasteiger partial charge in [-0.05, 0) is 86.8 Å². The largest absolute Gasteiger partial charge is 0.497 e. The number of amides is 2. The second-order valence-electron chi connectivity index (χ2n) is 11.6. The maximum absolute atomic E-state index is 13.7. The van der Waals surface area contributed by atoms with Crippen LogP contribution in [0.1, 0.15) is 46.0 Å². The number of pyridine rings is 1. The van der Waals surface area contributed by atoms with Gasteiger partial charge in [-0.25, -0.2) is 9.78 Å². The van der Waals surface area contributed by atoms with Gasteiger partial charge in [0.25, 0.3) is 0 Å². The van der Waals surface area contributed by atoms with Crippen LogP contribution in [0.3, 0.4) is 0 Å². The number of alkyl halides is 2. The highest BCUT2D eigenvalue weighted by molar-refractivity contribution is 9.12. The number of hydrogen-bond donors (Lipinski definition) is 0. The van der Waals surface area contributed by atoms with Crippen LogP contribution < -0.4 is 9.64 Å². The van der Waals surface area contributed by atoms with E-state index in [1.165, 1.54) is 4.90 Å². The van der Waals surface area contributed by atoms with Crippen LogP contribution in [0.5, 0.6) is 5.75 Å². The van der Waals surface area contributed by atoms with Gasteiger partial charge in [0.1, 0.15) is 5.75 Å². The van der Waals surface area contributed by atoms with Gasteiger partial charge in [0.2, 0.25) is 17.6 Å². The Morgan fingerprint density at radius 3 is 2.11 bits per heavy atom. The van der Waals surface area contributed by atoms with Crippen LogP contribution in [0.4, 0.5) is 5.69 Å². The molecule has 0 radical (unpaired) electrons. The fourth-order valence-corrected chi connectivity index (χ4v) is 7.98. The number of carbonyl (C=O) groups excluding carboxylic acids is 4. The molecular formula is C35H29Br3N2O6. The molecule has 0 spiro atoms. The predicted molar refractivity (Wildman–Crippen MR) is 186 cm³/mol. The van der Waals surface area contributed by atoms with E-state index in [9.17, 15) is 19.2 Å². The predicted octanol–water partition coefficient (Wildman–Crippen LogP) is 7.84. The molecule has 0 N–H and O–H groups in total. The number of fused-ring (bicyclic) bond motifs is 2. The van der Waals surface area contributed by atoms with Crippen molar-refractivity contribution in [2.24, 2.45) is 11.8 Å². The van der Waals surface area contributed by atoms with E-state index >= 15 is 0 Å². The third-order valence-electron chi connectivity index (χ3n) is 8.65. The van der Waals surface area contributed by atoms with Gasteiger partial charge in [-0.1, -0.05) is 59.9 Å². The Labute approximate surface area is 291 Å². The van der Waals surface area contributed by atoms with E-state index in [4.69, 9.17) is 14.5 Å². The fraction of sp³-hybridized carbons (Fsp3) is 0.286. The van der Waals surface area contributed by atoms with Gasteiger partial charge in [0, 0.05) is 30.6 Å². The van der Waals surface area contributed by atoms with E-state index in [-0.39, 0.29) is 44.7 Å². The Morgan fingerprint density at radius 2 is 1.52 bits per heavy atom. The SMILES string of the molecule is COc1ccc(C(=O)C(C)OC(=O)c2cc(-c3ccc(N4C(=O)C5CC(Br)C(Br)CC5C4=O)cc3)nc3c(C)cc(Br)cc23)cc1. The Morgan fingerprint density at radius 1 is 0.913 bits per heavy atom. The van der Waals surface area contributed by atoms with Gasteiger partial charge in [0.05, 0.1) is 41.4 Å². The quantitative estimate of drug-likeness (QED) is 0.0812. The Bertz CT molecular complexity index is 1850. The fourth-order valence-electron chi connectivity index (χ4n) is 6.17. The van der Waals surface area contributed by atoms with Crippen LogP contribution >= 0.6 is 47.8 Å². The minimum Gasteiger partial charge on any atom is -0.497 e. The first kappa shape index (κ1) is 32.5. The number of ether oxygens (including phenoxy) is 2. The lowest BCUT2D eigenvalue weighted by Gasteiger charge is -2.29. The first-order valence-corrected chi connectivity index (χ1v) is 17.4. The zero-order valence-electron chi connectivity index (χ0n) is 25.1. The number of ketones is 1. The standard InChI is InChI=1S/C35H29Br3N2O6/c1-17-12-21(36)13-24-27(35(44)46-18(2)32(41)20-6-10-23(45-3)11-7-20)16-30(39-31(17)24)19-4-8-22(9-5-19)40-33(42)25-14-28(37)29(38)15-26(25)34(40)43/h4-13,16,18,25-26,28-29H,14-15H2,1-3H3. The molecule has 1 saturated carbocycles. The average Bonchev–Trinajstić information content (AvgIpc) is 3.28. The van der Waals surface area contributed by atoms with Crippen molar-refractivity contribution in [3.63, 3.8) is 0 Å². The summed E-state index contributed by atoms with van der Waals surface area (Å²) in [6, 6.07) is 19.0. The molecule has 5 atom stereocenters. The molecule has 2 aliphatic rings. The third-order valence-corrected chi connectivity index (χ3v) is 11.8. The van der Waals surface area contributed by atoms with E-state index in [2.05, 4.69) is 47.8 Å². The van der Waals surface area contributed by atoms with Crippen molar-refractivity contribution in [3.05, 3.63) is 87.9 Å². The molecule has 1 saturated heterocycles. The second-order valence-corrected chi connectivity index (χ2v) is 14.9. The van der Waals surface area contributed by atoms with E-state index in [1.54, 1.807) is 74.7 Å². The lowest BCUT2D eigenvalue weighted by atomic mass is 9.81. The normalized spacial score (nSPS) is 21.7. The topological polar surface area (TPSA) is 103 Å². The number of methoxy groups -OCH3 is 1.